The van der Waals surface area contributed by atoms with Crippen molar-refractivity contribution in [2.24, 2.45) is 0 Å². The molecule has 1 atom stereocenters. The monoisotopic (exact) mass is 398 g/mol. The lowest BCUT2D eigenvalue weighted by Gasteiger charge is -2.35. The van der Waals surface area contributed by atoms with Gasteiger partial charge >= 0.3 is 0 Å². The van der Waals surface area contributed by atoms with Crippen LogP contribution in [0.15, 0.2) is 48.5 Å². The molecule has 2 aromatic carbocycles. The molecule has 2 aromatic rings. The van der Waals surface area contributed by atoms with Crippen LogP contribution in [0.5, 0.6) is 11.5 Å². The van der Waals surface area contributed by atoms with Crippen molar-refractivity contribution in [1.29, 1.82) is 0 Å². The van der Waals surface area contributed by atoms with Crippen molar-refractivity contribution in [3.63, 3.8) is 0 Å². The predicted octanol–water partition coefficient (Wildman–Crippen LogP) is 3.29. The quantitative estimate of drug-likeness (QED) is 0.739. The number of carbonyl (C=O) groups excluding carboxylic acids is 1. The number of rotatable bonds is 8. The molecule has 1 aliphatic rings. The first kappa shape index (κ1) is 21.1. The van der Waals surface area contributed by atoms with Crippen molar-refractivity contribution in [3.05, 3.63) is 59.7 Å². The molecule has 0 aromatic heterocycles. The molecule has 156 valence electrons. The van der Waals surface area contributed by atoms with Crippen molar-refractivity contribution in [2.45, 2.75) is 26.0 Å². The van der Waals surface area contributed by atoms with Gasteiger partial charge in [0, 0.05) is 25.2 Å². The number of ether oxygens (including phenoxy) is 3. The van der Waals surface area contributed by atoms with Crippen LogP contribution in [0.4, 0.5) is 0 Å². The third-order valence-corrected chi connectivity index (χ3v) is 4.92. The van der Waals surface area contributed by atoms with Crippen LogP contribution in [0.2, 0.25) is 0 Å². The van der Waals surface area contributed by atoms with E-state index in [0.29, 0.717) is 36.8 Å². The minimum atomic E-state index is -0.131. The fraction of sp³-hybridized carbons (Fsp3) is 0.435. The number of morpholine rings is 1. The summed E-state index contributed by atoms with van der Waals surface area (Å²) >= 11 is 0. The summed E-state index contributed by atoms with van der Waals surface area (Å²) in [7, 11) is 1.58. The summed E-state index contributed by atoms with van der Waals surface area (Å²) < 4.78 is 16.6. The third kappa shape index (κ3) is 5.71. The summed E-state index contributed by atoms with van der Waals surface area (Å²) in [5, 5.41) is 3.09. The molecule has 1 heterocycles. The summed E-state index contributed by atoms with van der Waals surface area (Å²) in [6.07, 6.45) is 0.0312. The van der Waals surface area contributed by atoms with Crippen molar-refractivity contribution in [1.82, 2.24) is 10.2 Å². The Labute approximate surface area is 172 Å². The largest absolute Gasteiger partial charge is 0.493 e. The zero-order valence-corrected chi connectivity index (χ0v) is 17.4. The van der Waals surface area contributed by atoms with Crippen molar-refractivity contribution < 1.29 is 19.0 Å². The summed E-state index contributed by atoms with van der Waals surface area (Å²) in [5.74, 6) is 1.06. The molecule has 0 bridgehead atoms. The predicted molar refractivity (Wildman–Crippen MR) is 113 cm³/mol. The van der Waals surface area contributed by atoms with Crippen LogP contribution in [-0.2, 0) is 4.74 Å². The molecular formula is C23H30N2O4. The van der Waals surface area contributed by atoms with Gasteiger partial charge in [-0.15, -0.1) is 0 Å². The van der Waals surface area contributed by atoms with Gasteiger partial charge in [0.2, 0.25) is 0 Å². The van der Waals surface area contributed by atoms with Gasteiger partial charge in [0.05, 0.1) is 32.5 Å². The maximum atomic E-state index is 12.8. The first-order valence-corrected chi connectivity index (χ1v) is 10.1. The van der Waals surface area contributed by atoms with Crippen LogP contribution < -0.4 is 14.8 Å². The number of methoxy groups -OCH3 is 1. The van der Waals surface area contributed by atoms with Crippen molar-refractivity contribution in [3.8, 4) is 11.5 Å². The van der Waals surface area contributed by atoms with Gasteiger partial charge in [0.15, 0.2) is 11.5 Å². The molecule has 6 heteroatoms. The Balaban J connectivity index is 1.71. The van der Waals surface area contributed by atoms with E-state index in [0.717, 1.165) is 13.1 Å². The molecule has 6 nitrogen and oxygen atoms in total. The van der Waals surface area contributed by atoms with Gasteiger partial charge in [-0.05, 0) is 37.6 Å². The molecular weight excluding hydrogens is 368 g/mol. The van der Waals surface area contributed by atoms with E-state index in [1.165, 1.54) is 5.56 Å². The van der Waals surface area contributed by atoms with Gasteiger partial charge in [-0.25, -0.2) is 0 Å². The molecule has 1 saturated heterocycles. The zero-order valence-electron chi connectivity index (χ0n) is 17.4. The highest BCUT2D eigenvalue weighted by Crippen LogP contribution is 2.29. The molecule has 0 radical (unpaired) electrons. The average molecular weight is 399 g/mol. The van der Waals surface area contributed by atoms with E-state index in [-0.39, 0.29) is 18.1 Å². The van der Waals surface area contributed by atoms with Gasteiger partial charge in [0.25, 0.3) is 5.91 Å². The number of benzene rings is 2. The van der Waals surface area contributed by atoms with Gasteiger partial charge < -0.3 is 19.5 Å². The lowest BCUT2D eigenvalue weighted by molar-refractivity contribution is 0.0162. The van der Waals surface area contributed by atoms with E-state index < -0.39 is 0 Å². The summed E-state index contributed by atoms with van der Waals surface area (Å²) in [4.78, 5) is 15.2. The summed E-state index contributed by atoms with van der Waals surface area (Å²) in [6.45, 7) is 7.56. The van der Waals surface area contributed by atoms with Gasteiger partial charge in [0.1, 0.15) is 0 Å². The van der Waals surface area contributed by atoms with Crippen LogP contribution in [-0.4, -0.2) is 56.9 Å². The highest BCUT2D eigenvalue weighted by molar-refractivity contribution is 5.94. The Hall–Kier alpha value is -2.57. The van der Waals surface area contributed by atoms with Gasteiger partial charge in [-0.2, -0.15) is 0 Å². The van der Waals surface area contributed by atoms with Crippen LogP contribution in [0, 0.1) is 0 Å². The fourth-order valence-electron chi connectivity index (χ4n) is 3.47. The average Bonchev–Trinajstić information content (AvgIpc) is 2.75. The normalized spacial score (nSPS) is 15.7. The number of hydrogen-bond donors (Lipinski definition) is 1. The number of hydrogen-bond acceptors (Lipinski definition) is 5. The summed E-state index contributed by atoms with van der Waals surface area (Å²) in [6, 6.07) is 15.7. The highest BCUT2D eigenvalue weighted by Gasteiger charge is 2.23. The molecule has 3 rings (SSSR count). The van der Waals surface area contributed by atoms with E-state index in [2.05, 4.69) is 22.3 Å². The zero-order chi connectivity index (χ0) is 20.6. The van der Waals surface area contributed by atoms with Crippen molar-refractivity contribution in [2.75, 3.05) is 40.0 Å². The van der Waals surface area contributed by atoms with Crippen LogP contribution in [0.25, 0.3) is 0 Å². The second kappa shape index (κ2) is 10.3. The Kier molecular flexibility index (Phi) is 7.49. The molecule has 29 heavy (non-hydrogen) atoms. The Bertz CT molecular complexity index is 789. The van der Waals surface area contributed by atoms with E-state index in [1.807, 2.05) is 32.0 Å². The molecule has 1 amide bonds. The minimum Gasteiger partial charge on any atom is -0.493 e. The topological polar surface area (TPSA) is 60.0 Å². The SMILES string of the molecule is COc1cc(C(=O)NCC(c2ccccc2)N2CCOCC2)ccc1OC(C)C. The second-order valence-corrected chi connectivity index (χ2v) is 7.32. The molecule has 0 saturated carbocycles. The first-order chi connectivity index (χ1) is 14.1. The maximum Gasteiger partial charge on any atom is 0.251 e. The van der Waals surface area contributed by atoms with Crippen LogP contribution in [0.3, 0.4) is 0 Å². The van der Waals surface area contributed by atoms with Crippen molar-refractivity contribution >= 4 is 5.91 Å². The lowest BCUT2D eigenvalue weighted by atomic mass is 10.0. The smallest absolute Gasteiger partial charge is 0.251 e. The Morgan fingerprint density at radius 1 is 1.10 bits per heavy atom. The fourth-order valence-corrected chi connectivity index (χ4v) is 3.47. The van der Waals surface area contributed by atoms with E-state index >= 15 is 0 Å². The number of nitrogens with zero attached hydrogens (tertiary/aromatic N) is 1. The molecule has 1 aliphatic heterocycles. The molecule has 1 fully saturated rings. The number of carbonyl (C=O) groups is 1. The lowest BCUT2D eigenvalue weighted by Crippen LogP contribution is -2.43. The summed E-state index contributed by atoms with van der Waals surface area (Å²) in [5.41, 5.74) is 1.74. The molecule has 0 aliphatic carbocycles. The Morgan fingerprint density at radius 2 is 1.83 bits per heavy atom. The maximum absolute atomic E-state index is 12.8. The number of nitrogens with one attached hydrogen (secondary N) is 1. The Morgan fingerprint density at radius 3 is 2.48 bits per heavy atom. The van der Waals surface area contributed by atoms with Gasteiger partial charge in [-0.3, -0.25) is 9.69 Å². The van der Waals surface area contributed by atoms with E-state index in [1.54, 1.807) is 25.3 Å². The highest BCUT2D eigenvalue weighted by atomic mass is 16.5. The molecule has 1 unspecified atom stereocenters. The first-order valence-electron chi connectivity index (χ1n) is 10.1. The van der Waals surface area contributed by atoms with E-state index in [9.17, 15) is 4.79 Å². The second-order valence-electron chi connectivity index (χ2n) is 7.32. The third-order valence-electron chi connectivity index (χ3n) is 4.92. The standard InChI is InChI=1S/C23H30N2O4/c1-17(2)29-21-10-9-19(15-22(21)27-3)23(26)24-16-20(18-7-5-4-6-8-18)25-11-13-28-14-12-25/h4-10,15,17,20H,11-14,16H2,1-3H3,(H,24,26). The van der Waals surface area contributed by atoms with Crippen LogP contribution >= 0.6 is 0 Å². The minimum absolute atomic E-state index is 0.0312. The molecule has 0 spiro atoms. The van der Waals surface area contributed by atoms with E-state index in [4.69, 9.17) is 14.2 Å². The van der Waals surface area contributed by atoms with Crippen LogP contribution in [0.1, 0.15) is 35.8 Å². The molecule has 1 N–H and O–H groups in total. The number of amides is 1. The van der Waals surface area contributed by atoms with Gasteiger partial charge in [-0.1, -0.05) is 30.3 Å².